The summed E-state index contributed by atoms with van der Waals surface area (Å²) in [4.78, 5) is 27.2. The third-order valence-electron chi connectivity index (χ3n) is 3.63. The fourth-order valence-electron chi connectivity index (χ4n) is 2.56. The summed E-state index contributed by atoms with van der Waals surface area (Å²) in [6.45, 7) is 6.96. The van der Waals surface area contributed by atoms with Crippen molar-refractivity contribution in [2.24, 2.45) is 5.92 Å². The fourth-order valence-corrected chi connectivity index (χ4v) is 3.44. The van der Waals surface area contributed by atoms with Crippen molar-refractivity contribution in [3.8, 4) is 5.75 Å². The van der Waals surface area contributed by atoms with Crippen molar-refractivity contribution in [2.45, 2.75) is 27.2 Å². The van der Waals surface area contributed by atoms with Gasteiger partial charge in [-0.3, -0.25) is 14.5 Å². The molecule has 0 atom stereocenters. The molecule has 0 unspecified atom stereocenters. The topological polar surface area (TPSA) is 66.8 Å². The Morgan fingerprint density at radius 1 is 1.16 bits per heavy atom. The Kier molecular flexibility index (Phi) is 7.08. The summed E-state index contributed by atoms with van der Waals surface area (Å²) in [6.07, 6.45) is 0.923. The average molecular weight is 363 g/mol. The molecule has 0 fully saturated rings. The van der Waals surface area contributed by atoms with E-state index in [-0.39, 0.29) is 24.3 Å². The molecule has 2 rings (SSSR count). The summed E-state index contributed by atoms with van der Waals surface area (Å²) < 4.78 is 5.57. The third-order valence-corrected chi connectivity index (χ3v) is 4.68. The van der Waals surface area contributed by atoms with Crippen LogP contribution in [0.5, 0.6) is 5.75 Å². The Bertz CT molecular complexity index is 652. The van der Waals surface area contributed by atoms with Crippen molar-refractivity contribution in [1.29, 1.82) is 0 Å². The molecular weight excluding hydrogens is 338 g/mol. The van der Waals surface area contributed by atoms with E-state index in [1.54, 1.807) is 0 Å². The van der Waals surface area contributed by atoms with Gasteiger partial charge in [-0.25, -0.2) is 0 Å². The Balaban J connectivity index is 2.33. The molecule has 0 aliphatic carbocycles. The van der Waals surface area contributed by atoms with Crippen molar-refractivity contribution in [2.75, 3.05) is 25.5 Å². The Labute approximate surface area is 153 Å². The molecule has 1 aromatic rings. The highest BCUT2D eigenvalue weighted by molar-refractivity contribution is 8.04. The van der Waals surface area contributed by atoms with Gasteiger partial charge in [-0.2, -0.15) is 0 Å². The van der Waals surface area contributed by atoms with Gasteiger partial charge in [-0.05, 0) is 30.0 Å². The molecule has 1 aliphatic heterocycles. The van der Waals surface area contributed by atoms with Gasteiger partial charge >= 0.3 is 0 Å². The van der Waals surface area contributed by atoms with E-state index in [1.165, 1.54) is 16.7 Å². The standard InChI is InChI=1S/C19H25NO4S/c1-4-10-24-15-7-5-14(6-8-15)16-17(25-11-9-21)19(23)20(18(16)22)12-13(2)3/h5-8,13,21H,4,9-12H2,1-3H3. The van der Waals surface area contributed by atoms with Crippen LogP contribution in [0.15, 0.2) is 29.2 Å². The SMILES string of the molecule is CCCOc1ccc(C2=C(SCCO)C(=O)N(CC(C)C)C2=O)cc1. The lowest BCUT2D eigenvalue weighted by Gasteiger charge is -2.17. The number of amides is 2. The second-order valence-electron chi connectivity index (χ2n) is 6.26. The Hall–Kier alpha value is -1.79. The minimum atomic E-state index is -0.265. The van der Waals surface area contributed by atoms with Crippen LogP contribution < -0.4 is 4.74 Å². The maximum Gasteiger partial charge on any atom is 0.267 e. The number of hydrogen-bond acceptors (Lipinski definition) is 5. The van der Waals surface area contributed by atoms with Crippen LogP contribution in [-0.2, 0) is 9.59 Å². The molecule has 1 N–H and O–H groups in total. The number of aliphatic hydroxyl groups excluding tert-OH is 1. The zero-order valence-corrected chi connectivity index (χ0v) is 15.8. The number of ether oxygens (including phenoxy) is 1. The van der Waals surface area contributed by atoms with Crippen molar-refractivity contribution in [3.05, 3.63) is 34.7 Å². The molecule has 136 valence electrons. The molecule has 0 saturated heterocycles. The first kappa shape index (κ1) is 19.5. The van der Waals surface area contributed by atoms with Crippen molar-refractivity contribution in [3.63, 3.8) is 0 Å². The highest BCUT2D eigenvalue weighted by atomic mass is 32.2. The first-order valence-corrected chi connectivity index (χ1v) is 9.55. The van der Waals surface area contributed by atoms with E-state index in [2.05, 4.69) is 0 Å². The highest BCUT2D eigenvalue weighted by Gasteiger charge is 2.39. The molecule has 0 radical (unpaired) electrons. The number of carbonyl (C=O) groups is 2. The lowest BCUT2D eigenvalue weighted by atomic mass is 10.1. The number of hydrogen-bond donors (Lipinski definition) is 1. The van der Waals surface area contributed by atoms with E-state index in [1.807, 2.05) is 45.0 Å². The lowest BCUT2D eigenvalue weighted by molar-refractivity contribution is -0.137. The quantitative estimate of drug-likeness (QED) is 0.683. The van der Waals surface area contributed by atoms with E-state index >= 15 is 0 Å². The minimum absolute atomic E-state index is 0.0447. The van der Waals surface area contributed by atoms with E-state index in [9.17, 15) is 9.59 Å². The molecule has 0 spiro atoms. The molecule has 0 bridgehead atoms. The zero-order chi connectivity index (χ0) is 18.4. The van der Waals surface area contributed by atoms with Crippen molar-refractivity contribution < 1.29 is 19.4 Å². The Morgan fingerprint density at radius 2 is 1.84 bits per heavy atom. The third kappa shape index (κ3) is 4.64. The zero-order valence-electron chi connectivity index (χ0n) is 14.9. The lowest BCUT2D eigenvalue weighted by Crippen LogP contribution is -2.34. The van der Waals surface area contributed by atoms with Crippen LogP contribution in [0.3, 0.4) is 0 Å². The smallest absolute Gasteiger partial charge is 0.267 e. The first-order valence-electron chi connectivity index (χ1n) is 8.56. The summed E-state index contributed by atoms with van der Waals surface area (Å²) >= 11 is 1.23. The van der Waals surface area contributed by atoms with Gasteiger partial charge in [-0.15, -0.1) is 11.8 Å². The van der Waals surface area contributed by atoms with E-state index in [0.717, 1.165) is 12.2 Å². The van der Waals surface area contributed by atoms with Crippen molar-refractivity contribution >= 4 is 29.1 Å². The number of aliphatic hydroxyl groups is 1. The van der Waals surface area contributed by atoms with Gasteiger partial charge in [-0.1, -0.05) is 32.9 Å². The van der Waals surface area contributed by atoms with Gasteiger partial charge in [0.15, 0.2) is 0 Å². The summed E-state index contributed by atoms with van der Waals surface area (Å²) in [7, 11) is 0. The van der Waals surface area contributed by atoms with Crippen LogP contribution in [0.1, 0.15) is 32.8 Å². The number of rotatable bonds is 9. The summed E-state index contributed by atoms with van der Waals surface area (Å²) in [6, 6.07) is 7.25. The predicted octanol–water partition coefficient (Wildman–Crippen LogP) is 2.94. The van der Waals surface area contributed by atoms with E-state index in [4.69, 9.17) is 9.84 Å². The van der Waals surface area contributed by atoms with Crippen LogP contribution >= 0.6 is 11.8 Å². The van der Waals surface area contributed by atoms with Gasteiger partial charge in [0.1, 0.15) is 5.75 Å². The molecule has 2 amide bonds. The molecule has 1 heterocycles. The molecule has 1 aromatic carbocycles. The van der Waals surface area contributed by atoms with Crippen LogP contribution in [0.2, 0.25) is 0 Å². The average Bonchev–Trinajstić information content (AvgIpc) is 2.82. The van der Waals surface area contributed by atoms with Gasteiger partial charge in [0.2, 0.25) is 0 Å². The summed E-state index contributed by atoms with van der Waals surface area (Å²) in [5, 5.41) is 9.10. The van der Waals surface area contributed by atoms with Gasteiger partial charge in [0, 0.05) is 12.3 Å². The maximum absolute atomic E-state index is 12.8. The molecule has 0 aromatic heterocycles. The predicted molar refractivity (Wildman–Crippen MR) is 100 cm³/mol. The number of imide groups is 1. The normalized spacial score (nSPS) is 14.8. The maximum atomic E-state index is 12.8. The summed E-state index contributed by atoms with van der Waals surface area (Å²) in [5.41, 5.74) is 1.13. The van der Waals surface area contributed by atoms with Gasteiger partial charge in [0.05, 0.1) is 23.7 Å². The second kappa shape index (κ2) is 9.06. The van der Waals surface area contributed by atoms with Crippen LogP contribution in [-0.4, -0.2) is 47.3 Å². The monoisotopic (exact) mass is 363 g/mol. The van der Waals surface area contributed by atoms with Gasteiger partial charge < -0.3 is 9.84 Å². The number of carbonyl (C=O) groups excluding carboxylic acids is 2. The minimum Gasteiger partial charge on any atom is -0.494 e. The van der Waals surface area contributed by atoms with Crippen molar-refractivity contribution in [1.82, 2.24) is 4.90 Å². The first-order chi connectivity index (χ1) is 12.0. The van der Waals surface area contributed by atoms with E-state index < -0.39 is 0 Å². The Morgan fingerprint density at radius 3 is 2.40 bits per heavy atom. The summed E-state index contributed by atoms with van der Waals surface area (Å²) in [5.74, 6) is 0.790. The fraction of sp³-hybridized carbons (Fsp3) is 0.474. The van der Waals surface area contributed by atoms with Crippen LogP contribution in [0, 0.1) is 5.92 Å². The highest BCUT2D eigenvalue weighted by Crippen LogP contribution is 2.36. The van der Waals surface area contributed by atoms with Crippen LogP contribution in [0.25, 0.3) is 5.57 Å². The molecule has 0 saturated carbocycles. The van der Waals surface area contributed by atoms with E-state index in [0.29, 0.717) is 34.9 Å². The van der Waals surface area contributed by atoms with Crippen LogP contribution in [0.4, 0.5) is 0 Å². The molecule has 5 nitrogen and oxygen atoms in total. The molecule has 6 heteroatoms. The largest absolute Gasteiger partial charge is 0.494 e. The molecule has 25 heavy (non-hydrogen) atoms. The molecule has 1 aliphatic rings. The second-order valence-corrected chi connectivity index (χ2v) is 7.37. The number of benzene rings is 1. The number of thioether (sulfide) groups is 1. The molecular formula is C19H25NO4S. The van der Waals surface area contributed by atoms with Gasteiger partial charge in [0.25, 0.3) is 11.8 Å². The number of nitrogens with zero attached hydrogens (tertiary/aromatic N) is 1.